The summed E-state index contributed by atoms with van der Waals surface area (Å²) < 4.78 is 38.9. The molecule has 0 saturated heterocycles. The predicted octanol–water partition coefficient (Wildman–Crippen LogP) is 3.28. The van der Waals surface area contributed by atoms with Crippen molar-refractivity contribution in [2.45, 2.75) is 24.9 Å². The van der Waals surface area contributed by atoms with Crippen molar-refractivity contribution in [2.24, 2.45) is 0 Å². The van der Waals surface area contributed by atoms with Crippen molar-refractivity contribution in [2.75, 3.05) is 0 Å². The Hall–Kier alpha value is -1.30. The fourth-order valence-electron chi connectivity index (χ4n) is 1.64. The smallest absolute Gasteiger partial charge is 0.212 e. The van der Waals surface area contributed by atoms with Gasteiger partial charge in [-0.25, -0.2) is 9.50 Å². The minimum absolute atomic E-state index is 0.0748. The van der Waals surface area contributed by atoms with Crippen molar-refractivity contribution in [3.63, 3.8) is 0 Å². The van der Waals surface area contributed by atoms with Crippen molar-refractivity contribution >= 4 is 17.2 Å². The summed E-state index contributed by atoms with van der Waals surface area (Å²) in [7, 11) is 0. The largest absolute Gasteiger partial charge is 0.416 e. The summed E-state index contributed by atoms with van der Waals surface area (Å²) in [6, 6.07) is 1.82. The van der Waals surface area contributed by atoms with Gasteiger partial charge in [-0.3, -0.25) is 0 Å². The second-order valence-corrected chi connectivity index (χ2v) is 4.47. The number of rotatable bonds is 1. The zero-order valence-corrected chi connectivity index (χ0v) is 9.26. The quantitative estimate of drug-likeness (QED) is 0.738. The van der Waals surface area contributed by atoms with Crippen LogP contribution in [-0.2, 0) is 6.18 Å². The van der Waals surface area contributed by atoms with Gasteiger partial charge in [-0.15, -0.1) is 5.10 Å². The van der Waals surface area contributed by atoms with Crippen LogP contribution in [0.3, 0.4) is 0 Å². The first kappa shape index (κ1) is 10.8. The molecule has 1 aliphatic rings. The predicted molar refractivity (Wildman–Crippen MR) is 55.0 cm³/mol. The van der Waals surface area contributed by atoms with Crippen molar-refractivity contribution in [1.29, 1.82) is 0 Å². The molecule has 7 heteroatoms. The van der Waals surface area contributed by atoms with E-state index >= 15 is 0 Å². The highest BCUT2D eigenvalue weighted by Gasteiger charge is 2.33. The first-order chi connectivity index (χ1) is 7.95. The summed E-state index contributed by atoms with van der Waals surface area (Å²) in [4.78, 5) is 4.08. The number of fused-ring (bicyclic) bond motifs is 1. The molecule has 0 amide bonds. The van der Waals surface area contributed by atoms with Crippen LogP contribution in [0.2, 0.25) is 5.15 Å². The molecule has 0 spiro atoms. The Labute approximate surface area is 99.2 Å². The van der Waals surface area contributed by atoms with E-state index < -0.39 is 11.7 Å². The molecule has 0 unspecified atom stereocenters. The summed E-state index contributed by atoms with van der Waals surface area (Å²) in [5, 5.41) is 4.03. The summed E-state index contributed by atoms with van der Waals surface area (Å²) in [6.07, 6.45) is -2.45. The van der Waals surface area contributed by atoms with E-state index in [-0.39, 0.29) is 16.7 Å². The lowest BCUT2D eigenvalue weighted by Crippen LogP contribution is -2.06. The van der Waals surface area contributed by atoms with Crippen LogP contribution in [0.5, 0.6) is 0 Å². The molecule has 0 bridgehead atoms. The molecule has 2 aromatic rings. The van der Waals surface area contributed by atoms with Gasteiger partial charge in [-0.1, -0.05) is 11.6 Å². The molecule has 0 aromatic carbocycles. The van der Waals surface area contributed by atoms with Gasteiger partial charge >= 0.3 is 6.18 Å². The summed E-state index contributed by atoms with van der Waals surface area (Å²) in [5.41, 5.74) is -0.656. The monoisotopic (exact) mass is 261 g/mol. The average molecular weight is 262 g/mol. The Morgan fingerprint density at radius 1 is 1.29 bits per heavy atom. The van der Waals surface area contributed by atoms with Gasteiger partial charge in [0.05, 0.1) is 5.56 Å². The number of nitrogens with zero attached hydrogens (tertiary/aromatic N) is 3. The third-order valence-corrected chi connectivity index (χ3v) is 2.95. The number of hydrogen-bond acceptors (Lipinski definition) is 2. The van der Waals surface area contributed by atoms with Crippen molar-refractivity contribution < 1.29 is 13.2 Å². The minimum atomic E-state index is -4.42. The van der Waals surface area contributed by atoms with Gasteiger partial charge in [-0.05, 0) is 25.0 Å². The fourth-order valence-corrected chi connectivity index (χ4v) is 1.88. The van der Waals surface area contributed by atoms with Crippen LogP contribution < -0.4 is 0 Å². The maximum absolute atomic E-state index is 12.6. The topological polar surface area (TPSA) is 30.2 Å². The number of halogens is 4. The lowest BCUT2D eigenvalue weighted by molar-refractivity contribution is -0.137. The van der Waals surface area contributed by atoms with E-state index in [4.69, 9.17) is 11.6 Å². The molecule has 1 aliphatic carbocycles. The first-order valence-corrected chi connectivity index (χ1v) is 5.46. The van der Waals surface area contributed by atoms with Crippen LogP contribution in [-0.4, -0.2) is 14.6 Å². The second kappa shape index (κ2) is 3.35. The molecule has 0 N–H and O–H groups in total. The van der Waals surface area contributed by atoms with Gasteiger partial charge in [0, 0.05) is 5.92 Å². The molecule has 17 heavy (non-hydrogen) atoms. The molecule has 0 atom stereocenters. The summed E-state index contributed by atoms with van der Waals surface area (Å²) in [5.74, 6) is 0.853. The molecule has 2 aromatic heterocycles. The first-order valence-electron chi connectivity index (χ1n) is 5.08. The van der Waals surface area contributed by atoms with E-state index in [1.165, 1.54) is 4.52 Å². The lowest BCUT2D eigenvalue weighted by Gasteiger charge is -2.06. The van der Waals surface area contributed by atoms with Gasteiger partial charge in [-0.2, -0.15) is 13.2 Å². The third-order valence-electron chi connectivity index (χ3n) is 2.68. The molecule has 1 fully saturated rings. The van der Waals surface area contributed by atoms with Gasteiger partial charge in [0.15, 0.2) is 11.5 Å². The van der Waals surface area contributed by atoms with E-state index in [9.17, 15) is 13.2 Å². The highest BCUT2D eigenvalue weighted by molar-refractivity contribution is 6.29. The van der Waals surface area contributed by atoms with Gasteiger partial charge in [0.2, 0.25) is 0 Å². The van der Waals surface area contributed by atoms with Gasteiger partial charge < -0.3 is 0 Å². The zero-order valence-electron chi connectivity index (χ0n) is 8.50. The third kappa shape index (κ3) is 1.86. The van der Waals surface area contributed by atoms with Crippen LogP contribution in [0.1, 0.15) is 30.1 Å². The molecular weight excluding hydrogens is 255 g/mol. The molecule has 0 aliphatic heterocycles. The highest BCUT2D eigenvalue weighted by Crippen LogP contribution is 2.39. The second-order valence-electron chi connectivity index (χ2n) is 4.08. The number of pyridine rings is 1. The summed E-state index contributed by atoms with van der Waals surface area (Å²) in [6.45, 7) is 0. The van der Waals surface area contributed by atoms with E-state index in [0.717, 1.165) is 25.0 Å². The Kier molecular flexibility index (Phi) is 2.13. The molecular formula is C10H7ClF3N3. The highest BCUT2D eigenvalue weighted by atomic mass is 35.5. The fraction of sp³-hybridized carbons (Fsp3) is 0.400. The molecule has 90 valence electrons. The van der Waals surface area contributed by atoms with Crippen molar-refractivity contribution in [1.82, 2.24) is 14.6 Å². The van der Waals surface area contributed by atoms with Crippen LogP contribution >= 0.6 is 11.6 Å². The van der Waals surface area contributed by atoms with Crippen LogP contribution in [0, 0.1) is 0 Å². The van der Waals surface area contributed by atoms with E-state index in [1.807, 2.05) is 0 Å². The molecule has 3 rings (SSSR count). The van der Waals surface area contributed by atoms with E-state index in [1.54, 1.807) is 0 Å². The normalized spacial score (nSPS) is 16.7. The molecule has 3 nitrogen and oxygen atoms in total. The number of hydrogen-bond donors (Lipinski definition) is 0. The van der Waals surface area contributed by atoms with E-state index in [0.29, 0.717) is 5.82 Å². The summed E-state index contributed by atoms with van der Waals surface area (Å²) >= 11 is 5.77. The SMILES string of the molecule is FC(F)(F)c1cc(Cl)n2nc(C3CC3)nc2c1. The number of aromatic nitrogens is 3. The van der Waals surface area contributed by atoms with Crippen LogP contribution in [0.4, 0.5) is 13.2 Å². The van der Waals surface area contributed by atoms with Crippen molar-refractivity contribution in [3.8, 4) is 0 Å². The zero-order chi connectivity index (χ0) is 12.2. The Morgan fingerprint density at radius 3 is 2.59 bits per heavy atom. The number of alkyl halides is 3. The Morgan fingerprint density at radius 2 is 2.00 bits per heavy atom. The molecule has 1 saturated carbocycles. The van der Waals surface area contributed by atoms with E-state index in [2.05, 4.69) is 10.1 Å². The maximum atomic E-state index is 12.6. The Bertz CT molecular complexity index is 586. The Balaban J connectivity index is 2.18. The van der Waals surface area contributed by atoms with Crippen LogP contribution in [0.15, 0.2) is 12.1 Å². The molecule has 2 heterocycles. The van der Waals surface area contributed by atoms with Gasteiger partial charge in [0.25, 0.3) is 0 Å². The average Bonchev–Trinajstić information content (AvgIpc) is 2.97. The van der Waals surface area contributed by atoms with Crippen LogP contribution in [0.25, 0.3) is 5.65 Å². The standard InChI is InChI=1S/C10H7ClF3N3/c11-7-3-6(10(12,13)14)4-8-15-9(5-1-2-5)16-17(7)8/h3-5H,1-2H2. The molecule has 0 radical (unpaired) electrons. The van der Waals surface area contributed by atoms with Crippen molar-refractivity contribution in [3.05, 3.63) is 28.7 Å². The maximum Gasteiger partial charge on any atom is 0.416 e. The minimum Gasteiger partial charge on any atom is -0.212 e. The lowest BCUT2D eigenvalue weighted by atomic mass is 10.2. The van der Waals surface area contributed by atoms with Gasteiger partial charge in [0.1, 0.15) is 5.15 Å².